The maximum Gasteiger partial charge on any atom is 0.242 e. The molecular weight excluding hydrogens is 202 g/mol. The number of nitrogens with zero attached hydrogens (tertiary/aromatic N) is 3. The van der Waals surface area contributed by atoms with E-state index in [4.69, 9.17) is 0 Å². The first-order valence-corrected chi connectivity index (χ1v) is 5.91. The van der Waals surface area contributed by atoms with Gasteiger partial charge in [0.15, 0.2) is 0 Å². The van der Waals surface area contributed by atoms with Gasteiger partial charge in [0.05, 0.1) is 11.4 Å². The van der Waals surface area contributed by atoms with Gasteiger partial charge >= 0.3 is 0 Å². The molecule has 1 aliphatic rings. The molecule has 0 saturated carbocycles. The summed E-state index contributed by atoms with van der Waals surface area (Å²) < 4.78 is 0. The highest BCUT2D eigenvalue weighted by molar-refractivity contribution is 5.24. The minimum absolute atomic E-state index is 0.640. The topological polar surface area (TPSA) is 62.7 Å². The molecule has 1 aromatic rings. The van der Waals surface area contributed by atoms with Crippen molar-refractivity contribution in [1.82, 2.24) is 20.5 Å². The van der Waals surface area contributed by atoms with Crippen molar-refractivity contribution in [3.63, 3.8) is 0 Å². The molecule has 1 fully saturated rings. The smallest absolute Gasteiger partial charge is 0.242 e. The lowest BCUT2D eigenvalue weighted by atomic mass is 10.1. The Hall–Kier alpha value is -1.23. The van der Waals surface area contributed by atoms with Crippen LogP contribution in [0.15, 0.2) is 0 Å². The maximum atomic E-state index is 4.33. The Morgan fingerprint density at radius 1 is 1.31 bits per heavy atom. The molecule has 0 spiro atoms. The number of hydrogen-bond acceptors (Lipinski definition) is 5. The Bertz CT molecular complexity index is 346. The van der Waals surface area contributed by atoms with Gasteiger partial charge in [-0.2, -0.15) is 5.10 Å². The quantitative estimate of drug-likeness (QED) is 0.795. The van der Waals surface area contributed by atoms with Crippen LogP contribution in [-0.2, 0) is 0 Å². The fourth-order valence-electron chi connectivity index (χ4n) is 1.89. The fourth-order valence-corrected chi connectivity index (χ4v) is 1.89. The van der Waals surface area contributed by atoms with E-state index in [0.29, 0.717) is 12.0 Å². The Morgan fingerprint density at radius 3 is 2.88 bits per heavy atom. The molecule has 1 saturated heterocycles. The average molecular weight is 221 g/mol. The Labute approximate surface area is 96.1 Å². The van der Waals surface area contributed by atoms with Crippen molar-refractivity contribution in [1.29, 1.82) is 0 Å². The second-order valence-electron chi connectivity index (χ2n) is 4.31. The number of aryl methyl sites for hydroxylation is 2. The van der Waals surface area contributed by atoms with E-state index in [1.807, 2.05) is 13.8 Å². The van der Waals surface area contributed by atoms with Gasteiger partial charge in [-0.1, -0.05) is 0 Å². The molecule has 2 N–H and O–H groups in total. The van der Waals surface area contributed by atoms with Crippen LogP contribution in [0, 0.1) is 13.8 Å². The number of nitrogens with one attached hydrogen (secondary N) is 2. The number of anilines is 1. The molecule has 0 bridgehead atoms. The van der Waals surface area contributed by atoms with Crippen LogP contribution in [0.5, 0.6) is 0 Å². The Morgan fingerprint density at radius 2 is 2.19 bits per heavy atom. The van der Waals surface area contributed by atoms with Crippen LogP contribution in [0.2, 0.25) is 0 Å². The third-order valence-corrected chi connectivity index (χ3v) is 3.03. The summed E-state index contributed by atoms with van der Waals surface area (Å²) in [4.78, 5) is 4.33. The highest BCUT2D eigenvalue weighted by Crippen LogP contribution is 2.09. The van der Waals surface area contributed by atoms with Crippen molar-refractivity contribution in [2.45, 2.75) is 39.2 Å². The molecule has 0 aliphatic carbocycles. The van der Waals surface area contributed by atoms with Gasteiger partial charge in [-0.15, -0.1) is 5.10 Å². The molecule has 2 rings (SSSR count). The van der Waals surface area contributed by atoms with Gasteiger partial charge in [0.1, 0.15) is 0 Å². The second-order valence-corrected chi connectivity index (χ2v) is 4.31. The van der Waals surface area contributed by atoms with Crippen molar-refractivity contribution in [2.75, 3.05) is 18.4 Å². The summed E-state index contributed by atoms with van der Waals surface area (Å²) in [6.45, 7) is 5.93. The number of aromatic nitrogens is 3. The summed E-state index contributed by atoms with van der Waals surface area (Å²) in [7, 11) is 0. The summed E-state index contributed by atoms with van der Waals surface area (Å²) >= 11 is 0. The zero-order chi connectivity index (χ0) is 11.4. The highest BCUT2D eigenvalue weighted by atomic mass is 15.2. The largest absolute Gasteiger partial charge is 0.353 e. The molecule has 2 heterocycles. The zero-order valence-electron chi connectivity index (χ0n) is 9.95. The lowest BCUT2D eigenvalue weighted by Gasteiger charge is -2.10. The van der Waals surface area contributed by atoms with Gasteiger partial charge in [-0.25, -0.2) is 4.98 Å². The van der Waals surface area contributed by atoms with E-state index in [-0.39, 0.29) is 0 Å². The van der Waals surface area contributed by atoms with Crippen molar-refractivity contribution in [2.24, 2.45) is 0 Å². The van der Waals surface area contributed by atoms with E-state index < -0.39 is 0 Å². The molecule has 5 heteroatoms. The van der Waals surface area contributed by atoms with Crippen LogP contribution in [0.4, 0.5) is 5.95 Å². The molecule has 1 atom stereocenters. The van der Waals surface area contributed by atoms with Gasteiger partial charge in [0.2, 0.25) is 5.95 Å². The van der Waals surface area contributed by atoms with Gasteiger partial charge in [0, 0.05) is 12.6 Å². The van der Waals surface area contributed by atoms with Crippen LogP contribution in [0.25, 0.3) is 0 Å². The highest BCUT2D eigenvalue weighted by Gasteiger charge is 2.13. The van der Waals surface area contributed by atoms with Crippen LogP contribution in [0.1, 0.15) is 30.7 Å². The predicted octanol–water partition coefficient (Wildman–Crippen LogP) is 1.04. The summed E-state index contributed by atoms with van der Waals surface area (Å²) in [5.41, 5.74) is 1.83. The number of hydrogen-bond donors (Lipinski definition) is 2. The normalized spacial score (nSPS) is 20.0. The first kappa shape index (κ1) is 11.3. The monoisotopic (exact) mass is 221 g/mol. The number of rotatable bonds is 4. The van der Waals surface area contributed by atoms with Crippen LogP contribution < -0.4 is 10.6 Å². The van der Waals surface area contributed by atoms with Crippen molar-refractivity contribution < 1.29 is 0 Å². The summed E-state index contributed by atoms with van der Waals surface area (Å²) in [6.07, 6.45) is 3.70. The van der Waals surface area contributed by atoms with E-state index in [9.17, 15) is 0 Å². The lowest BCUT2D eigenvalue weighted by molar-refractivity contribution is 0.573. The van der Waals surface area contributed by atoms with Gasteiger partial charge in [-0.3, -0.25) is 0 Å². The van der Waals surface area contributed by atoms with E-state index in [0.717, 1.165) is 30.9 Å². The fraction of sp³-hybridized carbons (Fsp3) is 0.727. The third kappa shape index (κ3) is 2.88. The predicted molar refractivity (Wildman–Crippen MR) is 63.4 cm³/mol. The first-order chi connectivity index (χ1) is 7.75. The van der Waals surface area contributed by atoms with Gasteiger partial charge in [-0.05, 0) is 39.7 Å². The average Bonchev–Trinajstić information content (AvgIpc) is 2.76. The van der Waals surface area contributed by atoms with Crippen LogP contribution in [-0.4, -0.2) is 34.3 Å². The molecule has 0 aromatic carbocycles. The summed E-state index contributed by atoms with van der Waals surface area (Å²) in [6, 6.07) is 0.659. The zero-order valence-corrected chi connectivity index (χ0v) is 9.95. The molecule has 16 heavy (non-hydrogen) atoms. The maximum absolute atomic E-state index is 4.33. The SMILES string of the molecule is Cc1nnc(NCCC2CCCN2)nc1C. The van der Waals surface area contributed by atoms with Crippen LogP contribution >= 0.6 is 0 Å². The molecular formula is C11H19N5. The standard InChI is InChI=1S/C11H19N5/c1-8-9(2)15-16-11(14-8)13-7-5-10-4-3-6-12-10/h10,12H,3-7H2,1-2H3,(H,13,14,16). The minimum atomic E-state index is 0.640. The van der Waals surface area contributed by atoms with Crippen LogP contribution in [0.3, 0.4) is 0 Å². The van der Waals surface area contributed by atoms with E-state index in [2.05, 4.69) is 25.8 Å². The molecule has 0 amide bonds. The molecule has 0 radical (unpaired) electrons. The first-order valence-electron chi connectivity index (χ1n) is 5.91. The second kappa shape index (κ2) is 5.21. The Balaban J connectivity index is 1.78. The molecule has 1 aliphatic heterocycles. The molecule has 5 nitrogen and oxygen atoms in total. The van der Waals surface area contributed by atoms with E-state index in [1.54, 1.807) is 0 Å². The van der Waals surface area contributed by atoms with Gasteiger partial charge < -0.3 is 10.6 Å². The molecule has 1 unspecified atom stereocenters. The summed E-state index contributed by atoms with van der Waals surface area (Å²) in [5, 5.41) is 14.7. The third-order valence-electron chi connectivity index (χ3n) is 3.03. The van der Waals surface area contributed by atoms with Crippen molar-refractivity contribution >= 4 is 5.95 Å². The Kier molecular flexibility index (Phi) is 3.66. The molecule has 88 valence electrons. The van der Waals surface area contributed by atoms with Crippen molar-refractivity contribution in [3.8, 4) is 0 Å². The molecule has 1 aromatic heterocycles. The van der Waals surface area contributed by atoms with Crippen molar-refractivity contribution in [3.05, 3.63) is 11.4 Å². The minimum Gasteiger partial charge on any atom is -0.353 e. The van der Waals surface area contributed by atoms with Gasteiger partial charge in [0.25, 0.3) is 0 Å². The summed E-state index contributed by atoms with van der Waals surface area (Å²) in [5.74, 6) is 0.640. The van der Waals surface area contributed by atoms with E-state index in [1.165, 1.54) is 12.8 Å². The lowest BCUT2D eigenvalue weighted by Crippen LogP contribution is -2.24. The van der Waals surface area contributed by atoms with E-state index >= 15 is 0 Å².